The molecule has 1 unspecified atom stereocenters. The molecule has 0 radical (unpaired) electrons. The minimum Gasteiger partial charge on any atom is -0.497 e. The van der Waals surface area contributed by atoms with E-state index < -0.39 is 0 Å². The Morgan fingerprint density at radius 3 is 2.33 bits per heavy atom. The van der Waals surface area contributed by atoms with Gasteiger partial charge in [0, 0.05) is 12.1 Å². The lowest BCUT2D eigenvalue weighted by molar-refractivity contribution is 0.262. The van der Waals surface area contributed by atoms with Gasteiger partial charge in [-0.3, -0.25) is 0 Å². The standard InChI is InChI=1S/C19H31NO/c1-14(2)6-5-7-15(3)20-18-12-17(13-18)16-8-10-19(21-4)11-9-16/h8-11,14-15,17-18,20H,5-7,12-13H2,1-4H3. The van der Waals surface area contributed by atoms with Gasteiger partial charge in [-0.25, -0.2) is 0 Å². The van der Waals surface area contributed by atoms with Gasteiger partial charge in [0.1, 0.15) is 5.75 Å². The highest BCUT2D eigenvalue weighted by atomic mass is 16.5. The summed E-state index contributed by atoms with van der Waals surface area (Å²) < 4.78 is 5.22. The van der Waals surface area contributed by atoms with Crippen molar-refractivity contribution in [1.29, 1.82) is 0 Å². The number of nitrogens with one attached hydrogen (secondary N) is 1. The summed E-state index contributed by atoms with van der Waals surface area (Å²) in [5.74, 6) is 2.52. The summed E-state index contributed by atoms with van der Waals surface area (Å²) in [6.07, 6.45) is 6.56. The fraction of sp³-hybridized carbons (Fsp3) is 0.684. The highest BCUT2D eigenvalue weighted by Gasteiger charge is 2.30. The molecular formula is C19H31NO. The fourth-order valence-electron chi connectivity index (χ4n) is 3.22. The second-order valence-corrected chi connectivity index (χ2v) is 7.03. The molecule has 1 atom stereocenters. The molecule has 0 saturated heterocycles. The lowest BCUT2D eigenvalue weighted by Gasteiger charge is -2.38. The van der Waals surface area contributed by atoms with Crippen molar-refractivity contribution in [1.82, 2.24) is 5.32 Å². The third-order valence-corrected chi connectivity index (χ3v) is 4.66. The summed E-state index contributed by atoms with van der Waals surface area (Å²) in [6, 6.07) is 9.95. The first kappa shape index (κ1) is 16.4. The number of hydrogen-bond acceptors (Lipinski definition) is 2. The van der Waals surface area contributed by atoms with Gasteiger partial charge in [0.25, 0.3) is 0 Å². The highest BCUT2D eigenvalue weighted by Crippen LogP contribution is 2.37. The largest absolute Gasteiger partial charge is 0.497 e. The Morgan fingerprint density at radius 1 is 1.10 bits per heavy atom. The zero-order chi connectivity index (χ0) is 15.2. The minimum atomic E-state index is 0.658. The Morgan fingerprint density at radius 2 is 1.76 bits per heavy atom. The molecule has 0 bridgehead atoms. The first-order valence-corrected chi connectivity index (χ1v) is 8.48. The first-order chi connectivity index (χ1) is 10.1. The lowest BCUT2D eigenvalue weighted by atomic mass is 9.75. The molecule has 1 saturated carbocycles. The fourth-order valence-corrected chi connectivity index (χ4v) is 3.22. The van der Waals surface area contributed by atoms with Crippen LogP contribution in [0.1, 0.15) is 64.4 Å². The predicted octanol–water partition coefficient (Wildman–Crippen LogP) is 4.75. The molecule has 1 aromatic carbocycles. The van der Waals surface area contributed by atoms with Crippen LogP contribution in [0.4, 0.5) is 0 Å². The molecule has 1 N–H and O–H groups in total. The lowest BCUT2D eigenvalue weighted by Crippen LogP contribution is -2.44. The van der Waals surface area contributed by atoms with Gasteiger partial charge in [-0.15, -0.1) is 0 Å². The van der Waals surface area contributed by atoms with Crippen LogP contribution in [0.25, 0.3) is 0 Å². The van der Waals surface area contributed by atoms with Crippen LogP contribution in [0.3, 0.4) is 0 Å². The van der Waals surface area contributed by atoms with E-state index in [4.69, 9.17) is 4.74 Å². The van der Waals surface area contributed by atoms with Gasteiger partial charge >= 0.3 is 0 Å². The molecule has 2 rings (SSSR count). The van der Waals surface area contributed by atoms with Gasteiger partial charge in [0.05, 0.1) is 7.11 Å². The second-order valence-electron chi connectivity index (χ2n) is 7.03. The van der Waals surface area contributed by atoms with Crippen molar-refractivity contribution in [3.63, 3.8) is 0 Å². The zero-order valence-corrected chi connectivity index (χ0v) is 14.1. The van der Waals surface area contributed by atoms with Gasteiger partial charge in [-0.1, -0.05) is 38.8 Å². The molecule has 0 heterocycles. The van der Waals surface area contributed by atoms with Crippen LogP contribution < -0.4 is 10.1 Å². The zero-order valence-electron chi connectivity index (χ0n) is 14.1. The van der Waals surface area contributed by atoms with Crippen LogP contribution in [0.2, 0.25) is 0 Å². The average Bonchev–Trinajstić information content (AvgIpc) is 2.42. The van der Waals surface area contributed by atoms with Gasteiger partial charge in [-0.05, 0) is 55.7 Å². The van der Waals surface area contributed by atoms with Crippen LogP contribution in [0.5, 0.6) is 5.75 Å². The topological polar surface area (TPSA) is 21.3 Å². The quantitative estimate of drug-likeness (QED) is 0.746. The normalized spacial score (nSPS) is 22.9. The number of hydrogen-bond donors (Lipinski definition) is 1. The maximum Gasteiger partial charge on any atom is 0.118 e. The van der Waals surface area contributed by atoms with Crippen molar-refractivity contribution >= 4 is 0 Å². The number of benzene rings is 1. The van der Waals surface area contributed by atoms with Crippen molar-refractivity contribution in [2.24, 2.45) is 5.92 Å². The Hall–Kier alpha value is -1.02. The molecule has 2 nitrogen and oxygen atoms in total. The van der Waals surface area contributed by atoms with Gasteiger partial charge < -0.3 is 10.1 Å². The van der Waals surface area contributed by atoms with E-state index in [0.717, 1.165) is 17.6 Å². The molecule has 1 aliphatic rings. The smallest absolute Gasteiger partial charge is 0.118 e. The van der Waals surface area contributed by atoms with Crippen molar-refractivity contribution < 1.29 is 4.74 Å². The maximum atomic E-state index is 5.22. The van der Waals surface area contributed by atoms with E-state index in [-0.39, 0.29) is 0 Å². The summed E-state index contributed by atoms with van der Waals surface area (Å²) >= 11 is 0. The molecule has 0 amide bonds. The van der Waals surface area contributed by atoms with Gasteiger partial charge in [0.2, 0.25) is 0 Å². The third kappa shape index (κ3) is 5.03. The minimum absolute atomic E-state index is 0.658. The van der Waals surface area contributed by atoms with E-state index in [0.29, 0.717) is 12.1 Å². The number of rotatable bonds is 8. The van der Waals surface area contributed by atoms with E-state index in [2.05, 4.69) is 50.4 Å². The second kappa shape index (κ2) is 7.84. The molecule has 1 fully saturated rings. The number of methoxy groups -OCH3 is 1. The van der Waals surface area contributed by atoms with Gasteiger partial charge in [-0.2, -0.15) is 0 Å². The SMILES string of the molecule is COc1ccc(C2CC(NC(C)CCCC(C)C)C2)cc1. The van der Waals surface area contributed by atoms with Crippen LogP contribution in [0, 0.1) is 5.92 Å². The molecule has 118 valence electrons. The Labute approximate surface area is 130 Å². The number of ether oxygens (including phenoxy) is 1. The van der Waals surface area contributed by atoms with E-state index in [1.807, 2.05) is 0 Å². The molecule has 21 heavy (non-hydrogen) atoms. The highest BCUT2D eigenvalue weighted by molar-refractivity contribution is 5.30. The van der Waals surface area contributed by atoms with E-state index in [1.54, 1.807) is 7.11 Å². The van der Waals surface area contributed by atoms with Crippen molar-refractivity contribution in [3.8, 4) is 5.75 Å². The summed E-state index contributed by atoms with van der Waals surface area (Å²) in [4.78, 5) is 0. The Balaban J connectivity index is 1.66. The molecule has 0 aliphatic heterocycles. The van der Waals surface area contributed by atoms with E-state index >= 15 is 0 Å². The van der Waals surface area contributed by atoms with Crippen LogP contribution >= 0.6 is 0 Å². The van der Waals surface area contributed by atoms with Crippen molar-refractivity contribution in [2.45, 2.75) is 70.9 Å². The van der Waals surface area contributed by atoms with Crippen LogP contribution in [0.15, 0.2) is 24.3 Å². The van der Waals surface area contributed by atoms with Crippen molar-refractivity contribution in [2.75, 3.05) is 7.11 Å². The summed E-state index contributed by atoms with van der Waals surface area (Å²) in [5.41, 5.74) is 1.46. The molecule has 1 aromatic rings. The Bertz CT molecular complexity index is 406. The van der Waals surface area contributed by atoms with Crippen molar-refractivity contribution in [3.05, 3.63) is 29.8 Å². The van der Waals surface area contributed by atoms with E-state index in [9.17, 15) is 0 Å². The van der Waals surface area contributed by atoms with E-state index in [1.165, 1.54) is 37.7 Å². The molecule has 1 aliphatic carbocycles. The summed E-state index contributed by atoms with van der Waals surface area (Å²) in [6.45, 7) is 6.95. The molecule has 0 aromatic heterocycles. The predicted molar refractivity (Wildman–Crippen MR) is 90.0 cm³/mol. The molecular weight excluding hydrogens is 258 g/mol. The van der Waals surface area contributed by atoms with Gasteiger partial charge in [0.15, 0.2) is 0 Å². The molecule has 0 spiro atoms. The summed E-state index contributed by atoms with van der Waals surface area (Å²) in [5, 5.41) is 3.79. The average molecular weight is 289 g/mol. The monoisotopic (exact) mass is 289 g/mol. The third-order valence-electron chi connectivity index (χ3n) is 4.66. The van der Waals surface area contributed by atoms with Crippen LogP contribution in [-0.2, 0) is 0 Å². The summed E-state index contributed by atoms with van der Waals surface area (Å²) in [7, 11) is 1.72. The maximum absolute atomic E-state index is 5.22. The Kier molecular flexibility index (Phi) is 6.10. The molecule has 2 heteroatoms. The first-order valence-electron chi connectivity index (χ1n) is 8.48. The van der Waals surface area contributed by atoms with Crippen LogP contribution in [-0.4, -0.2) is 19.2 Å².